The van der Waals surface area contributed by atoms with Crippen molar-refractivity contribution in [1.29, 1.82) is 0 Å². The quantitative estimate of drug-likeness (QED) is 0.605. The zero-order chi connectivity index (χ0) is 12.7. The summed E-state index contributed by atoms with van der Waals surface area (Å²) in [4.78, 5) is 11.7. The lowest BCUT2D eigenvalue weighted by atomic mass is 10.1. The van der Waals surface area contributed by atoms with E-state index in [2.05, 4.69) is 5.32 Å². The van der Waals surface area contributed by atoms with Crippen LogP contribution in [0.1, 0.15) is 30.7 Å². The van der Waals surface area contributed by atoms with Crippen molar-refractivity contribution >= 4 is 17.5 Å². The van der Waals surface area contributed by atoms with Crippen LogP contribution in [-0.4, -0.2) is 23.7 Å². The van der Waals surface area contributed by atoms with Crippen LogP contribution in [0.3, 0.4) is 0 Å². The number of rotatable bonds is 6. The van der Waals surface area contributed by atoms with Gasteiger partial charge in [0.05, 0.1) is 6.10 Å². The number of aliphatic hydroxyl groups excluding tert-OH is 1. The number of hydrogen-bond acceptors (Lipinski definition) is 2. The SMILES string of the molecule is CC(O)CCCNC(=O)C(Cl)c1ccccc1. The van der Waals surface area contributed by atoms with E-state index in [4.69, 9.17) is 16.7 Å². The highest BCUT2D eigenvalue weighted by molar-refractivity contribution is 6.30. The smallest absolute Gasteiger partial charge is 0.242 e. The summed E-state index contributed by atoms with van der Waals surface area (Å²) in [5.74, 6) is -0.191. The third-order valence-electron chi connectivity index (χ3n) is 2.42. The molecule has 4 heteroatoms. The molecule has 3 nitrogen and oxygen atoms in total. The van der Waals surface area contributed by atoms with E-state index in [-0.39, 0.29) is 12.0 Å². The molecule has 0 fully saturated rings. The molecule has 17 heavy (non-hydrogen) atoms. The second-order valence-electron chi connectivity index (χ2n) is 4.06. The minimum Gasteiger partial charge on any atom is -0.393 e. The molecule has 1 rings (SSSR count). The Balaban J connectivity index is 2.33. The minimum atomic E-state index is -0.650. The van der Waals surface area contributed by atoms with E-state index >= 15 is 0 Å². The molecule has 1 amide bonds. The molecule has 0 heterocycles. The number of benzene rings is 1. The third kappa shape index (κ3) is 5.20. The summed E-state index contributed by atoms with van der Waals surface area (Å²) in [5.41, 5.74) is 0.794. The molecule has 0 saturated carbocycles. The molecular weight excluding hydrogens is 238 g/mol. The Morgan fingerprint density at radius 2 is 2.06 bits per heavy atom. The molecule has 94 valence electrons. The van der Waals surface area contributed by atoms with Crippen molar-refractivity contribution in [2.45, 2.75) is 31.2 Å². The van der Waals surface area contributed by atoms with Crippen LogP contribution < -0.4 is 5.32 Å². The van der Waals surface area contributed by atoms with E-state index in [9.17, 15) is 4.79 Å². The van der Waals surface area contributed by atoms with Crippen LogP contribution in [0.2, 0.25) is 0 Å². The molecule has 0 aliphatic heterocycles. The lowest BCUT2D eigenvalue weighted by molar-refractivity contribution is -0.120. The average molecular weight is 256 g/mol. The van der Waals surface area contributed by atoms with Crippen molar-refractivity contribution in [3.05, 3.63) is 35.9 Å². The highest BCUT2D eigenvalue weighted by Crippen LogP contribution is 2.19. The first kappa shape index (κ1) is 14.0. The normalized spacial score (nSPS) is 14.1. The van der Waals surface area contributed by atoms with Crippen LogP contribution in [0.4, 0.5) is 0 Å². The number of carbonyl (C=O) groups excluding carboxylic acids is 1. The zero-order valence-corrected chi connectivity index (χ0v) is 10.7. The van der Waals surface area contributed by atoms with Gasteiger partial charge in [0.15, 0.2) is 0 Å². The van der Waals surface area contributed by atoms with Crippen LogP contribution in [0.5, 0.6) is 0 Å². The first-order valence-electron chi connectivity index (χ1n) is 5.76. The molecule has 2 N–H and O–H groups in total. The molecule has 0 saturated heterocycles. The van der Waals surface area contributed by atoms with Gasteiger partial charge in [-0.05, 0) is 25.3 Å². The van der Waals surface area contributed by atoms with Gasteiger partial charge in [-0.15, -0.1) is 11.6 Å². The van der Waals surface area contributed by atoms with Crippen LogP contribution in [-0.2, 0) is 4.79 Å². The maximum Gasteiger partial charge on any atom is 0.242 e. The van der Waals surface area contributed by atoms with Crippen LogP contribution in [0.25, 0.3) is 0 Å². The fourth-order valence-electron chi connectivity index (χ4n) is 1.47. The van der Waals surface area contributed by atoms with Gasteiger partial charge in [-0.25, -0.2) is 0 Å². The maximum atomic E-state index is 11.7. The molecule has 1 aromatic rings. The number of carbonyl (C=O) groups is 1. The lowest BCUT2D eigenvalue weighted by Gasteiger charge is -2.11. The predicted molar refractivity (Wildman–Crippen MR) is 69.0 cm³/mol. The van der Waals surface area contributed by atoms with Gasteiger partial charge in [-0.3, -0.25) is 4.79 Å². The van der Waals surface area contributed by atoms with E-state index in [0.29, 0.717) is 13.0 Å². The number of nitrogens with one attached hydrogen (secondary N) is 1. The summed E-state index contributed by atoms with van der Waals surface area (Å²) in [7, 11) is 0. The Bertz CT molecular complexity index is 341. The van der Waals surface area contributed by atoms with Crippen LogP contribution in [0, 0.1) is 0 Å². The summed E-state index contributed by atoms with van der Waals surface area (Å²) in [6.45, 7) is 2.27. The highest BCUT2D eigenvalue weighted by atomic mass is 35.5. The standard InChI is InChI=1S/C13H18ClNO2/c1-10(16)6-5-9-15-13(17)12(14)11-7-3-2-4-8-11/h2-4,7-8,10,12,16H,5-6,9H2,1H3,(H,15,17). The van der Waals surface area contributed by atoms with Gasteiger partial charge in [0.25, 0.3) is 0 Å². The first-order chi connectivity index (χ1) is 8.11. The fraction of sp³-hybridized carbons (Fsp3) is 0.462. The molecule has 0 bridgehead atoms. The highest BCUT2D eigenvalue weighted by Gasteiger charge is 2.16. The van der Waals surface area contributed by atoms with Gasteiger partial charge in [-0.2, -0.15) is 0 Å². The molecular formula is C13H18ClNO2. The van der Waals surface area contributed by atoms with E-state index in [1.807, 2.05) is 30.3 Å². The Labute approximate surface area is 107 Å². The molecule has 0 radical (unpaired) electrons. The molecule has 0 spiro atoms. The lowest BCUT2D eigenvalue weighted by Crippen LogP contribution is -2.28. The summed E-state index contributed by atoms with van der Waals surface area (Å²) >= 11 is 6.04. The Morgan fingerprint density at radius 1 is 1.41 bits per heavy atom. The Kier molecular flexibility index (Phi) is 6.01. The number of aliphatic hydroxyl groups is 1. The predicted octanol–water partition coefficient (Wildman–Crippen LogP) is 2.24. The van der Waals surface area contributed by atoms with Gasteiger partial charge < -0.3 is 10.4 Å². The van der Waals surface area contributed by atoms with Gasteiger partial charge in [-0.1, -0.05) is 30.3 Å². The molecule has 0 aromatic heterocycles. The number of halogens is 1. The average Bonchev–Trinajstić information content (AvgIpc) is 2.34. The summed E-state index contributed by atoms with van der Waals surface area (Å²) in [6, 6.07) is 9.24. The Hall–Kier alpha value is -1.06. The van der Waals surface area contributed by atoms with E-state index in [1.54, 1.807) is 6.92 Å². The fourth-order valence-corrected chi connectivity index (χ4v) is 1.69. The van der Waals surface area contributed by atoms with Gasteiger partial charge in [0.2, 0.25) is 5.91 Å². The molecule has 0 aliphatic rings. The van der Waals surface area contributed by atoms with Gasteiger partial charge in [0.1, 0.15) is 5.38 Å². The molecule has 2 unspecified atom stereocenters. The zero-order valence-electron chi connectivity index (χ0n) is 9.90. The van der Waals surface area contributed by atoms with Crippen molar-refractivity contribution in [1.82, 2.24) is 5.32 Å². The maximum absolute atomic E-state index is 11.7. The molecule has 0 aliphatic carbocycles. The van der Waals surface area contributed by atoms with E-state index in [0.717, 1.165) is 12.0 Å². The topological polar surface area (TPSA) is 49.3 Å². The van der Waals surface area contributed by atoms with Gasteiger partial charge >= 0.3 is 0 Å². The number of amides is 1. The van der Waals surface area contributed by atoms with Crippen LogP contribution in [0.15, 0.2) is 30.3 Å². The number of alkyl halides is 1. The molecule has 1 aromatic carbocycles. The van der Waals surface area contributed by atoms with Crippen molar-refractivity contribution in [3.8, 4) is 0 Å². The van der Waals surface area contributed by atoms with Crippen LogP contribution >= 0.6 is 11.6 Å². The monoisotopic (exact) mass is 255 g/mol. The largest absolute Gasteiger partial charge is 0.393 e. The van der Waals surface area contributed by atoms with Crippen molar-refractivity contribution in [2.75, 3.05) is 6.54 Å². The second-order valence-corrected chi connectivity index (χ2v) is 4.49. The van der Waals surface area contributed by atoms with Gasteiger partial charge in [0, 0.05) is 6.54 Å². The summed E-state index contributed by atoms with van der Waals surface area (Å²) in [6.07, 6.45) is 1.10. The third-order valence-corrected chi connectivity index (χ3v) is 2.87. The summed E-state index contributed by atoms with van der Waals surface area (Å²) in [5, 5.41) is 11.2. The Morgan fingerprint density at radius 3 is 2.65 bits per heavy atom. The first-order valence-corrected chi connectivity index (χ1v) is 6.19. The minimum absolute atomic E-state index is 0.191. The number of hydrogen-bond donors (Lipinski definition) is 2. The van der Waals surface area contributed by atoms with Crippen molar-refractivity contribution in [3.63, 3.8) is 0 Å². The van der Waals surface area contributed by atoms with Crippen molar-refractivity contribution in [2.24, 2.45) is 0 Å². The summed E-state index contributed by atoms with van der Waals surface area (Å²) < 4.78 is 0. The van der Waals surface area contributed by atoms with E-state index < -0.39 is 5.38 Å². The van der Waals surface area contributed by atoms with E-state index in [1.165, 1.54) is 0 Å². The second kappa shape index (κ2) is 7.30. The van der Waals surface area contributed by atoms with Crippen molar-refractivity contribution < 1.29 is 9.90 Å². The molecule has 2 atom stereocenters.